The van der Waals surface area contributed by atoms with Gasteiger partial charge in [0, 0.05) is 24.4 Å². The van der Waals surface area contributed by atoms with E-state index in [0.29, 0.717) is 12.8 Å². The molecule has 2 nitrogen and oxygen atoms in total. The standard InChI is InChI=1S/C14H19BrO2/c1-14(2,17-3)9-8-12(16)10-11-6-4-5-7-13(11)15/h4-7H,8-10H2,1-3H3. The monoisotopic (exact) mass is 298 g/mol. The Bertz CT molecular complexity index is 386. The lowest BCUT2D eigenvalue weighted by Gasteiger charge is -2.22. The summed E-state index contributed by atoms with van der Waals surface area (Å²) in [6.45, 7) is 4.00. The molecule has 0 aliphatic rings. The Morgan fingerprint density at radius 2 is 2.00 bits per heavy atom. The van der Waals surface area contributed by atoms with E-state index in [1.807, 2.05) is 38.1 Å². The maximum Gasteiger partial charge on any atom is 0.137 e. The zero-order chi connectivity index (χ0) is 12.9. The van der Waals surface area contributed by atoms with Gasteiger partial charge in [0.1, 0.15) is 5.78 Å². The van der Waals surface area contributed by atoms with E-state index in [0.717, 1.165) is 16.5 Å². The molecule has 0 bridgehead atoms. The largest absolute Gasteiger partial charge is 0.379 e. The van der Waals surface area contributed by atoms with Gasteiger partial charge in [-0.2, -0.15) is 0 Å². The molecule has 94 valence electrons. The first-order valence-corrected chi connectivity index (χ1v) is 6.54. The maximum absolute atomic E-state index is 11.9. The molecule has 0 saturated carbocycles. The summed E-state index contributed by atoms with van der Waals surface area (Å²) in [6.07, 6.45) is 1.80. The summed E-state index contributed by atoms with van der Waals surface area (Å²) < 4.78 is 6.30. The van der Waals surface area contributed by atoms with Crippen LogP contribution in [0.2, 0.25) is 0 Å². The first-order valence-electron chi connectivity index (χ1n) is 5.75. The van der Waals surface area contributed by atoms with Crippen LogP contribution in [0.25, 0.3) is 0 Å². The Labute approximate surface area is 111 Å². The summed E-state index contributed by atoms with van der Waals surface area (Å²) in [5.74, 6) is 0.252. The molecule has 0 fully saturated rings. The van der Waals surface area contributed by atoms with E-state index in [-0.39, 0.29) is 11.4 Å². The van der Waals surface area contributed by atoms with Crippen molar-refractivity contribution < 1.29 is 9.53 Å². The van der Waals surface area contributed by atoms with Crippen LogP contribution >= 0.6 is 15.9 Å². The van der Waals surface area contributed by atoms with E-state index in [9.17, 15) is 4.79 Å². The van der Waals surface area contributed by atoms with Gasteiger partial charge in [0.15, 0.2) is 0 Å². The second kappa shape index (κ2) is 6.31. The minimum absolute atomic E-state index is 0.219. The van der Waals surface area contributed by atoms with Gasteiger partial charge in [-0.25, -0.2) is 0 Å². The molecular formula is C14H19BrO2. The topological polar surface area (TPSA) is 26.3 Å². The first-order chi connectivity index (χ1) is 7.94. The Kier molecular flexibility index (Phi) is 5.34. The number of halogens is 1. The highest BCUT2D eigenvalue weighted by molar-refractivity contribution is 9.10. The van der Waals surface area contributed by atoms with Gasteiger partial charge in [0.25, 0.3) is 0 Å². The van der Waals surface area contributed by atoms with E-state index in [2.05, 4.69) is 15.9 Å². The molecule has 0 aliphatic carbocycles. The van der Waals surface area contributed by atoms with Crippen LogP contribution in [0.5, 0.6) is 0 Å². The fourth-order valence-corrected chi connectivity index (χ4v) is 1.91. The van der Waals surface area contributed by atoms with Crippen LogP contribution in [0.4, 0.5) is 0 Å². The second-order valence-electron chi connectivity index (χ2n) is 4.77. The molecule has 1 aromatic carbocycles. The molecule has 0 amide bonds. The fraction of sp³-hybridized carbons (Fsp3) is 0.500. The Hall–Kier alpha value is -0.670. The molecule has 1 rings (SSSR count). The van der Waals surface area contributed by atoms with Crippen molar-refractivity contribution in [3.63, 3.8) is 0 Å². The maximum atomic E-state index is 11.9. The van der Waals surface area contributed by atoms with Crippen molar-refractivity contribution in [1.82, 2.24) is 0 Å². The summed E-state index contributed by atoms with van der Waals surface area (Å²) in [5.41, 5.74) is 0.830. The van der Waals surface area contributed by atoms with Gasteiger partial charge >= 0.3 is 0 Å². The van der Waals surface area contributed by atoms with Crippen molar-refractivity contribution in [3.8, 4) is 0 Å². The van der Waals surface area contributed by atoms with E-state index >= 15 is 0 Å². The van der Waals surface area contributed by atoms with Gasteiger partial charge in [-0.3, -0.25) is 4.79 Å². The lowest BCUT2D eigenvalue weighted by Crippen LogP contribution is -2.23. The minimum Gasteiger partial charge on any atom is -0.379 e. The highest BCUT2D eigenvalue weighted by Gasteiger charge is 2.18. The number of methoxy groups -OCH3 is 1. The lowest BCUT2D eigenvalue weighted by molar-refractivity contribution is -0.119. The molecule has 0 aromatic heterocycles. The average Bonchev–Trinajstić information content (AvgIpc) is 2.30. The quantitative estimate of drug-likeness (QED) is 0.799. The van der Waals surface area contributed by atoms with Gasteiger partial charge in [-0.1, -0.05) is 34.1 Å². The Morgan fingerprint density at radius 3 is 2.59 bits per heavy atom. The van der Waals surface area contributed by atoms with Crippen LogP contribution < -0.4 is 0 Å². The second-order valence-corrected chi connectivity index (χ2v) is 5.63. The van der Waals surface area contributed by atoms with Crippen LogP contribution in [0.1, 0.15) is 32.3 Å². The number of rotatable bonds is 6. The number of ketones is 1. The SMILES string of the molecule is COC(C)(C)CCC(=O)Cc1ccccc1Br. The smallest absolute Gasteiger partial charge is 0.137 e. The number of ether oxygens (including phenoxy) is 1. The Morgan fingerprint density at radius 1 is 1.35 bits per heavy atom. The molecule has 3 heteroatoms. The van der Waals surface area contributed by atoms with Crippen molar-refractivity contribution >= 4 is 21.7 Å². The van der Waals surface area contributed by atoms with Gasteiger partial charge in [-0.05, 0) is 31.9 Å². The molecule has 0 radical (unpaired) electrons. The van der Waals surface area contributed by atoms with E-state index in [1.54, 1.807) is 7.11 Å². The molecule has 17 heavy (non-hydrogen) atoms. The third-order valence-corrected chi connectivity index (χ3v) is 3.68. The van der Waals surface area contributed by atoms with Crippen molar-refractivity contribution in [2.75, 3.05) is 7.11 Å². The summed E-state index contributed by atoms with van der Waals surface area (Å²) in [7, 11) is 1.68. The molecule has 0 heterocycles. The molecule has 1 aromatic rings. The van der Waals surface area contributed by atoms with E-state index in [4.69, 9.17) is 4.74 Å². The average molecular weight is 299 g/mol. The summed E-state index contributed by atoms with van der Waals surface area (Å²) in [6, 6.07) is 7.84. The number of benzene rings is 1. The predicted molar refractivity (Wildman–Crippen MR) is 73.2 cm³/mol. The van der Waals surface area contributed by atoms with Gasteiger partial charge in [-0.15, -0.1) is 0 Å². The van der Waals surface area contributed by atoms with Crippen molar-refractivity contribution in [3.05, 3.63) is 34.3 Å². The van der Waals surface area contributed by atoms with Crippen LogP contribution in [-0.4, -0.2) is 18.5 Å². The highest BCUT2D eigenvalue weighted by Crippen LogP contribution is 2.19. The Balaban J connectivity index is 2.48. The van der Waals surface area contributed by atoms with Crippen LogP contribution in [0.15, 0.2) is 28.7 Å². The molecule has 0 spiro atoms. The molecule has 0 unspecified atom stereocenters. The molecule has 0 saturated heterocycles. The third-order valence-electron chi connectivity index (χ3n) is 2.90. The molecular weight excluding hydrogens is 280 g/mol. The normalized spacial score (nSPS) is 11.5. The van der Waals surface area contributed by atoms with Crippen LogP contribution in [0, 0.1) is 0 Å². The number of carbonyl (C=O) groups excluding carboxylic acids is 1. The van der Waals surface area contributed by atoms with E-state index < -0.39 is 0 Å². The molecule has 0 aliphatic heterocycles. The van der Waals surface area contributed by atoms with Gasteiger partial charge in [0.2, 0.25) is 0 Å². The van der Waals surface area contributed by atoms with Crippen LogP contribution in [-0.2, 0) is 16.0 Å². The van der Waals surface area contributed by atoms with Crippen molar-refractivity contribution in [2.45, 2.75) is 38.7 Å². The lowest BCUT2D eigenvalue weighted by atomic mass is 9.98. The molecule has 0 N–H and O–H groups in total. The van der Waals surface area contributed by atoms with E-state index in [1.165, 1.54) is 0 Å². The van der Waals surface area contributed by atoms with Crippen LogP contribution in [0.3, 0.4) is 0 Å². The zero-order valence-corrected chi connectivity index (χ0v) is 12.2. The number of hydrogen-bond donors (Lipinski definition) is 0. The van der Waals surface area contributed by atoms with Gasteiger partial charge in [0.05, 0.1) is 5.60 Å². The first kappa shape index (κ1) is 14.4. The summed E-state index contributed by atoms with van der Waals surface area (Å²) in [5, 5.41) is 0. The van der Waals surface area contributed by atoms with Crippen molar-refractivity contribution in [2.24, 2.45) is 0 Å². The highest BCUT2D eigenvalue weighted by atomic mass is 79.9. The van der Waals surface area contributed by atoms with Crippen molar-refractivity contribution in [1.29, 1.82) is 0 Å². The molecule has 0 atom stereocenters. The minimum atomic E-state index is -0.219. The third kappa shape index (κ3) is 5.00. The zero-order valence-electron chi connectivity index (χ0n) is 10.6. The summed E-state index contributed by atoms with van der Waals surface area (Å²) in [4.78, 5) is 11.9. The summed E-state index contributed by atoms with van der Waals surface area (Å²) >= 11 is 3.45. The number of carbonyl (C=O) groups is 1. The number of hydrogen-bond acceptors (Lipinski definition) is 2. The predicted octanol–water partition coefficient (Wildman–Crippen LogP) is 3.77. The fourth-order valence-electron chi connectivity index (χ4n) is 1.49. The number of Topliss-reactive ketones (excluding diaryl/α,β-unsaturated/α-hetero) is 1. The van der Waals surface area contributed by atoms with Gasteiger partial charge < -0.3 is 4.74 Å².